The highest BCUT2D eigenvalue weighted by atomic mass is 16.3. The van der Waals surface area contributed by atoms with Crippen molar-refractivity contribution in [3.05, 3.63) is 59.9 Å². The maximum Gasteiger partial charge on any atom is 0.0931 e. The first-order valence-electron chi connectivity index (χ1n) is 6.56. The molecule has 0 aliphatic heterocycles. The van der Waals surface area contributed by atoms with E-state index < -0.39 is 6.10 Å². The van der Waals surface area contributed by atoms with Crippen molar-refractivity contribution in [1.82, 2.24) is 4.98 Å². The number of hydrogen-bond acceptors (Lipinski definition) is 3. The van der Waals surface area contributed by atoms with Crippen LogP contribution in [-0.4, -0.2) is 23.7 Å². The van der Waals surface area contributed by atoms with Crippen LogP contribution < -0.4 is 4.90 Å². The first kappa shape index (κ1) is 13.6. The molecular weight excluding hydrogens is 236 g/mol. The van der Waals surface area contributed by atoms with E-state index in [1.807, 2.05) is 24.4 Å². The predicted molar refractivity (Wildman–Crippen MR) is 78.3 cm³/mol. The number of pyridine rings is 1. The Kier molecular flexibility index (Phi) is 4.53. The van der Waals surface area contributed by atoms with Gasteiger partial charge in [0, 0.05) is 13.6 Å². The summed E-state index contributed by atoms with van der Waals surface area (Å²) >= 11 is 0. The van der Waals surface area contributed by atoms with Crippen LogP contribution in [0.25, 0.3) is 0 Å². The fourth-order valence-corrected chi connectivity index (χ4v) is 1.94. The Balaban J connectivity index is 1.94. The molecule has 0 saturated heterocycles. The minimum absolute atomic E-state index is 0.510. The molecule has 3 nitrogen and oxygen atoms in total. The van der Waals surface area contributed by atoms with Gasteiger partial charge in [0.1, 0.15) is 0 Å². The van der Waals surface area contributed by atoms with Crippen LogP contribution in [-0.2, 0) is 6.42 Å². The monoisotopic (exact) mass is 256 g/mol. The lowest BCUT2D eigenvalue weighted by molar-refractivity contribution is 0.194. The third kappa shape index (κ3) is 3.80. The second-order valence-corrected chi connectivity index (χ2v) is 4.77. The molecule has 100 valence electrons. The standard InChI is InChI=1S/C16H20N2O/c1-13(19)16-9-8-15(12-17-16)18(2)11-10-14-6-4-3-5-7-14/h3-9,12-13,19H,10-11H2,1-2H3. The van der Waals surface area contributed by atoms with Crippen LogP contribution in [0.2, 0.25) is 0 Å². The number of hydrogen-bond donors (Lipinski definition) is 1. The Bertz CT molecular complexity index is 494. The summed E-state index contributed by atoms with van der Waals surface area (Å²) in [5, 5.41) is 9.43. The van der Waals surface area contributed by atoms with Gasteiger partial charge in [0.25, 0.3) is 0 Å². The highest BCUT2D eigenvalue weighted by Gasteiger charge is 2.05. The Morgan fingerprint density at radius 1 is 1.16 bits per heavy atom. The van der Waals surface area contributed by atoms with Gasteiger partial charge >= 0.3 is 0 Å². The number of benzene rings is 1. The summed E-state index contributed by atoms with van der Waals surface area (Å²) < 4.78 is 0. The van der Waals surface area contributed by atoms with Crippen LogP contribution in [0.3, 0.4) is 0 Å². The van der Waals surface area contributed by atoms with Crippen LogP contribution in [0.4, 0.5) is 5.69 Å². The lowest BCUT2D eigenvalue weighted by Crippen LogP contribution is -2.20. The van der Waals surface area contributed by atoms with E-state index in [0.29, 0.717) is 5.69 Å². The van der Waals surface area contributed by atoms with Crippen molar-refractivity contribution in [3.8, 4) is 0 Å². The minimum Gasteiger partial charge on any atom is -0.387 e. The third-order valence-electron chi connectivity index (χ3n) is 3.22. The zero-order chi connectivity index (χ0) is 13.7. The van der Waals surface area contributed by atoms with Crippen molar-refractivity contribution >= 4 is 5.69 Å². The van der Waals surface area contributed by atoms with Crippen LogP contribution >= 0.6 is 0 Å². The fourth-order valence-electron chi connectivity index (χ4n) is 1.94. The van der Waals surface area contributed by atoms with Crippen LogP contribution in [0.5, 0.6) is 0 Å². The molecule has 19 heavy (non-hydrogen) atoms. The van der Waals surface area contributed by atoms with Gasteiger partial charge in [0.15, 0.2) is 0 Å². The zero-order valence-electron chi connectivity index (χ0n) is 11.5. The topological polar surface area (TPSA) is 36.4 Å². The van der Waals surface area contributed by atoms with Crippen LogP contribution in [0.1, 0.15) is 24.3 Å². The van der Waals surface area contributed by atoms with E-state index in [0.717, 1.165) is 18.7 Å². The van der Waals surface area contributed by atoms with Gasteiger partial charge in [0.05, 0.1) is 23.7 Å². The molecule has 2 rings (SSSR count). The van der Waals surface area contributed by atoms with Gasteiger partial charge in [-0.15, -0.1) is 0 Å². The summed E-state index contributed by atoms with van der Waals surface area (Å²) in [4.78, 5) is 6.44. The number of anilines is 1. The van der Waals surface area contributed by atoms with E-state index in [-0.39, 0.29) is 0 Å². The van der Waals surface area contributed by atoms with E-state index in [2.05, 4.69) is 41.2 Å². The Morgan fingerprint density at radius 3 is 2.47 bits per heavy atom. The zero-order valence-corrected chi connectivity index (χ0v) is 11.5. The van der Waals surface area contributed by atoms with Crippen LogP contribution in [0.15, 0.2) is 48.7 Å². The Hall–Kier alpha value is -1.87. The molecule has 3 heteroatoms. The van der Waals surface area contributed by atoms with E-state index in [1.165, 1.54) is 5.56 Å². The predicted octanol–water partition coefficient (Wildman–Crippen LogP) is 2.81. The Labute approximate surface area is 114 Å². The van der Waals surface area contributed by atoms with Crippen molar-refractivity contribution in [2.45, 2.75) is 19.4 Å². The fraction of sp³-hybridized carbons (Fsp3) is 0.312. The van der Waals surface area contributed by atoms with Crippen molar-refractivity contribution < 1.29 is 5.11 Å². The largest absolute Gasteiger partial charge is 0.387 e. The first-order valence-corrected chi connectivity index (χ1v) is 6.56. The maximum absolute atomic E-state index is 9.43. The van der Waals surface area contributed by atoms with Gasteiger partial charge in [-0.3, -0.25) is 4.98 Å². The van der Waals surface area contributed by atoms with E-state index in [1.54, 1.807) is 6.92 Å². The second kappa shape index (κ2) is 6.34. The molecular formula is C16H20N2O. The van der Waals surface area contributed by atoms with E-state index in [9.17, 15) is 5.11 Å². The van der Waals surface area contributed by atoms with Crippen LogP contribution in [0, 0.1) is 0 Å². The van der Waals surface area contributed by atoms with Crippen molar-refractivity contribution in [2.75, 3.05) is 18.5 Å². The second-order valence-electron chi connectivity index (χ2n) is 4.77. The SMILES string of the molecule is CC(O)c1ccc(N(C)CCc2ccccc2)cn1. The average molecular weight is 256 g/mol. The average Bonchev–Trinajstić information content (AvgIpc) is 2.46. The summed E-state index contributed by atoms with van der Waals surface area (Å²) in [7, 11) is 2.06. The molecule has 0 bridgehead atoms. The molecule has 0 fully saturated rings. The van der Waals surface area contributed by atoms with Crippen molar-refractivity contribution in [2.24, 2.45) is 0 Å². The molecule has 0 amide bonds. The number of likely N-dealkylation sites (N-methyl/N-ethyl adjacent to an activating group) is 1. The highest BCUT2D eigenvalue weighted by molar-refractivity contribution is 5.44. The van der Waals surface area contributed by atoms with Gasteiger partial charge in [-0.2, -0.15) is 0 Å². The molecule has 1 N–H and O–H groups in total. The lowest BCUT2D eigenvalue weighted by Gasteiger charge is -2.19. The first-order chi connectivity index (χ1) is 9.16. The van der Waals surface area contributed by atoms with Crippen molar-refractivity contribution in [1.29, 1.82) is 0 Å². The molecule has 0 radical (unpaired) electrons. The molecule has 0 aliphatic carbocycles. The summed E-state index contributed by atoms with van der Waals surface area (Å²) in [5.41, 5.74) is 3.11. The lowest BCUT2D eigenvalue weighted by atomic mass is 10.1. The smallest absolute Gasteiger partial charge is 0.0931 e. The third-order valence-corrected chi connectivity index (χ3v) is 3.22. The molecule has 1 aromatic carbocycles. The van der Waals surface area contributed by atoms with Gasteiger partial charge in [-0.1, -0.05) is 30.3 Å². The molecule has 1 aromatic heterocycles. The molecule has 1 heterocycles. The normalized spacial score (nSPS) is 12.2. The quantitative estimate of drug-likeness (QED) is 0.893. The molecule has 1 atom stereocenters. The summed E-state index contributed by atoms with van der Waals surface area (Å²) in [6, 6.07) is 14.3. The highest BCUT2D eigenvalue weighted by Crippen LogP contribution is 2.15. The summed E-state index contributed by atoms with van der Waals surface area (Å²) in [6.07, 6.45) is 2.31. The van der Waals surface area contributed by atoms with Gasteiger partial charge in [-0.05, 0) is 31.0 Å². The minimum atomic E-state index is -0.510. The molecule has 0 saturated carbocycles. The molecule has 0 aliphatic rings. The number of aromatic nitrogens is 1. The summed E-state index contributed by atoms with van der Waals surface area (Å²) in [5.74, 6) is 0. The van der Waals surface area contributed by atoms with Gasteiger partial charge in [-0.25, -0.2) is 0 Å². The Morgan fingerprint density at radius 2 is 1.89 bits per heavy atom. The maximum atomic E-state index is 9.43. The number of aliphatic hydroxyl groups excluding tert-OH is 1. The molecule has 2 aromatic rings. The molecule has 0 spiro atoms. The number of aliphatic hydroxyl groups is 1. The summed E-state index contributed by atoms with van der Waals surface area (Å²) in [6.45, 7) is 2.67. The number of rotatable bonds is 5. The van der Waals surface area contributed by atoms with Gasteiger partial charge in [0.2, 0.25) is 0 Å². The molecule has 1 unspecified atom stereocenters. The number of nitrogens with zero attached hydrogens (tertiary/aromatic N) is 2. The van der Waals surface area contributed by atoms with E-state index in [4.69, 9.17) is 0 Å². The van der Waals surface area contributed by atoms with Gasteiger partial charge < -0.3 is 10.0 Å². The van der Waals surface area contributed by atoms with E-state index >= 15 is 0 Å². The van der Waals surface area contributed by atoms with Crippen molar-refractivity contribution in [3.63, 3.8) is 0 Å².